The van der Waals surface area contributed by atoms with Crippen LogP contribution in [0.15, 0.2) is 6.07 Å². The molecular weight excluding hydrogens is 344 g/mol. The molecule has 0 bridgehead atoms. The summed E-state index contributed by atoms with van der Waals surface area (Å²) in [5, 5.41) is 0. The number of aryl methyl sites for hydroxylation is 1. The van der Waals surface area contributed by atoms with Crippen LogP contribution in [0.3, 0.4) is 0 Å². The van der Waals surface area contributed by atoms with Crippen LogP contribution >= 0.6 is 0 Å². The second-order valence-electron chi connectivity index (χ2n) is 7.35. The van der Waals surface area contributed by atoms with Gasteiger partial charge < -0.3 is 19.3 Å². The van der Waals surface area contributed by atoms with Crippen molar-refractivity contribution in [1.29, 1.82) is 0 Å². The van der Waals surface area contributed by atoms with Gasteiger partial charge >= 0.3 is 5.97 Å². The van der Waals surface area contributed by atoms with Gasteiger partial charge in [0.25, 0.3) is 0 Å². The van der Waals surface area contributed by atoms with Gasteiger partial charge in [0.05, 0.1) is 6.61 Å². The van der Waals surface area contributed by atoms with E-state index in [1.54, 1.807) is 0 Å². The fourth-order valence-corrected chi connectivity index (χ4v) is 3.25. The van der Waals surface area contributed by atoms with Gasteiger partial charge in [0, 0.05) is 39.5 Å². The van der Waals surface area contributed by atoms with E-state index in [2.05, 4.69) is 11.9 Å². The van der Waals surface area contributed by atoms with Crippen LogP contribution in [0.4, 0.5) is 0 Å². The SMILES string of the molecule is CC(=O)Oc1c(C)cc(OCCCCC(=O)N2CCN(C)CC2)c(C)c1C. The van der Waals surface area contributed by atoms with Crippen LogP contribution in [-0.2, 0) is 9.59 Å². The van der Waals surface area contributed by atoms with Crippen LogP contribution in [0, 0.1) is 20.8 Å². The lowest BCUT2D eigenvalue weighted by atomic mass is 10.0. The van der Waals surface area contributed by atoms with Crippen molar-refractivity contribution in [3.63, 3.8) is 0 Å². The first-order valence-electron chi connectivity index (χ1n) is 9.68. The molecule has 1 aliphatic heterocycles. The number of rotatable bonds is 7. The van der Waals surface area contributed by atoms with E-state index in [0.29, 0.717) is 18.8 Å². The summed E-state index contributed by atoms with van der Waals surface area (Å²) in [4.78, 5) is 27.7. The highest BCUT2D eigenvalue weighted by Crippen LogP contribution is 2.33. The van der Waals surface area contributed by atoms with Gasteiger partial charge in [-0.15, -0.1) is 0 Å². The number of hydrogen-bond acceptors (Lipinski definition) is 5. The smallest absolute Gasteiger partial charge is 0.308 e. The number of benzene rings is 1. The first-order valence-corrected chi connectivity index (χ1v) is 9.68. The summed E-state index contributed by atoms with van der Waals surface area (Å²) in [6.45, 7) is 11.4. The van der Waals surface area contributed by atoms with Gasteiger partial charge in [0.1, 0.15) is 11.5 Å². The zero-order valence-electron chi connectivity index (χ0n) is 17.3. The fraction of sp³-hybridized carbons (Fsp3) is 0.619. The summed E-state index contributed by atoms with van der Waals surface area (Å²) in [5.41, 5.74) is 2.78. The van der Waals surface area contributed by atoms with E-state index in [-0.39, 0.29) is 11.9 Å². The maximum Gasteiger partial charge on any atom is 0.308 e. The standard InChI is InChI=1S/C21H32N2O4/c1-15-14-19(16(2)17(3)21(15)27-18(4)24)26-13-7-6-8-20(25)23-11-9-22(5)10-12-23/h14H,6-13H2,1-5H3. The molecule has 27 heavy (non-hydrogen) atoms. The molecule has 0 aliphatic carbocycles. The van der Waals surface area contributed by atoms with Crippen molar-refractivity contribution in [2.75, 3.05) is 39.8 Å². The minimum absolute atomic E-state index is 0.247. The monoisotopic (exact) mass is 376 g/mol. The molecule has 2 rings (SSSR count). The van der Waals surface area contributed by atoms with E-state index in [1.807, 2.05) is 31.7 Å². The molecule has 0 radical (unpaired) electrons. The molecule has 0 atom stereocenters. The summed E-state index contributed by atoms with van der Waals surface area (Å²) in [6.07, 6.45) is 2.24. The van der Waals surface area contributed by atoms with Crippen molar-refractivity contribution in [1.82, 2.24) is 9.80 Å². The van der Waals surface area contributed by atoms with Gasteiger partial charge in [-0.25, -0.2) is 0 Å². The van der Waals surface area contributed by atoms with Crippen molar-refractivity contribution in [3.05, 3.63) is 22.8 Å². The Morgan fingerprint density at radius 2 is 1.70 bits per heavy atom. The van der Waals surface area contributed by atoms with E-state index in [0.717, 1.165) is 61.5 Å². The molecule has 1 aromatic rings. The van der Waals surface area contributed by atoms with Gasteiger partial charge in [-0.3, -0.25) is 9.59 Å². The summed E-state index contributed by atoms with van der Waals surface area (Å²) >= 11 is 0. The highest BCUT2D eigenvalue weighted by molar-refractivity contribution is 5.76. The van der Waals surface area contributed by atoms with Crippen LogP contribution < -0.4 is 9.47 Å². The molecule has 0 aromatic heterocycles. The molecule has 6 nitrogen and oxygen atoms in total. The quantitative estimate of drug-likeness (QED) is 0.416. The molecule has 150 valence electrons. The number of likely N-dealkylation sites (N-methyl/N-ethyl adjacent to an activating group) is 1. The zero-order valence-corrected chi connectivity index (χ0v) is 17.3. The second-order valence-corrected chi connectivity index (χ2v) is 7.35. The van der Waals surface area contributed by atoms with Crippen molar-refractivity contribution >= 4 is 11.9 Å². The predicted molar refractivity (Wildman–Crippen MR) is 105 cm³/mol. The summed E-state index contributed by atoms with van der Waals surface area (Å²) in [7, 11) is 2.09. The van der Waals surface area contributed by atoms with Crippen LogP contribution in [0.25, 0.3) is 0 Å². The number of hydrogen-bond donors (Lipinski definition) is 0. The summed E-state index contributed by atoms with van der Waals surface area (Å²) in [5.74, 6) is 1.35. The summed E-state index contributed by atoms with van der Waals surface area (Å²) < 4.78 is 11.2. The Balaban J connectivity index is 1.78. The molecular formula is C21H32N2O4. The lowest BCUT2D eigenvalue weighted by Crippen LogP contribution is -2.47. The highest BCUT2D eigenvalue weighted by Gasteiger charge is 2.18. The van der Waals surface area contributed by atoms with Crippen LogP contribution in [0.5, 0.6) is 11.5 Å². The molecule has 0 spiro atoms. The molecule has 1 aromatic carbocycles. The number of carbonyl (C=O) groups excluding carboxylic acids is 2. The third-order valence-electron chi connectivity index (χ3n) is 5.12. The third kappa shape index (κ3) is 5.96. The zero-order chi connectivity index (χ0) is 20.0. The maximum absolute atomic E-state index is 12.2. The first-order chi connectivity index (χ1) is 12.8. The van der Waals surface area contributed by atoms with Crippen molar-refractivity contribution < 1.29 is 19.1 Å². The van der Waals surface area contributed by atoms with Gasteiger partial charge in [-0.05, 0) is 63.4 Å². The van der Waals surface area contributed by atoms with Crippen LogP contribution in [0.2, 0.25) is 0 Å². The van der Waals surface area contributed by atoms with Gasteiger partial charge in [-0.1, -0.05) is 0 Å². The van der Waals surface area contributed by atoms with E-state index in [4.69, 9.17) is 9.47 Å². The number of nitrogens with zero attached hydrogens (tertiary/aromatic N) is 2. The van der Waals surface area contributed by atoms with Gasteiger partial charge in [-0.2, -0.15) is 0 Å². The molecule has 1 fully saturated rings. The molecule has 0 N–H and O–H groups in total. The van der Waals surface area contributed by atoms with Crippen molar-refractivity contribution in [2.24, 2.45) is 0 Å². The number of carbonyl (C=O) groups is 2. The molecule has 1 aliphatic rings. The Morgan fingerprint density at radius 3 is 2.33 bits per heavy atom. The fourth-order valence-electron chi connectivity index (χ4n) is 3.25. The predicted octanol–water partition coefficient (Wildman–Crippen LogP) is 2.86. The molecule has 0 unspecified atom stereocenters. The lowest BCUT2D eigenvalue weighted by molar-refractivity contribution is -0.133. The minimum Gasteiger partial charge on any atom is -0.493 e. The van der Waals surface area contributed by atoms with E-state index in [1.165, 1.54) is 6.92 Å². The highest BCUT2D eigenvalue weighted by atomic mass is 16.5. The van der Waals surface area contributed by atoms with E-state index in [9.17, 15) is 9.59 Å². The number of amides is 1. The number of ether oxygens (including phenoxy) is 2. The Bertz CT molecular complexity index is 679. The topological polar surface area (TPSA) is 59.1 Å². The molecule has 1 amide bonds. The van der Waals surface area contributed by atoms with E-state index >= 15 is 0 Å². The normalized spacial score (nSPS) is 14.9. The van der Waals surface area contributed by atoms with Crippen LogP contribution in [-0.4, -0.2) is 61.5 Å². The Morgan fingerprint density at radius 1 is 1.04 bits per heavy atom. The molecule has 1 saturated heterocycles. The summed E-state index contributed by atoms with van der Waals surface area (Å²) in [6, 6.07) is 1.91. The lowest BCUT2D eigenvalue weighted by Gasteiger charge is -2.32. The number of piperazine rings is 1. The van der Waals surface area contributed by atoms with Crippen molar-refractivity contribution in [2.45, 2.75) is 47.0 Å². The third-order valence-corrected chi connectivity index (χ3v) is 5.12. The van der Waals surface area contributed by atoms with Gasteiger partial charge in [0.15, 0.2) is 0 Å². The Hall–Kier alpha value is -2.08. The van der Waals surface area contributed by atoms with Crippen LogP contribution in [0.1, 0.15) is 42.9 Å². The molecule has 0 saturated carbocycles. The Labute approximate surface area is 162 Å². The van der Waals surface area contributed by atoms with Crippen molar-refractivity contribution in [3.8, 4) is 11.5 Å². The number of esters is 1. The molecule has 1 heterocycles. The number of unbranched alkanes of at least 4 members (excludes halogenated alkanes) is 1. The van der Waals surface area contributed by atoms with E-state index < -0.39 is 0 Å². The largest absolute Gasteiger partial charge is 0.493 e. The second kappa shape index (κ2) is 9.74. The average Bonchev–Trinajstić information content (AvgIpc) is 2.62. The minimum atomic E-state index is -0.320. The maximum atomic E-state index is 12.2. The van der Waals surface area contributed by atoms with Gasteiger partial charge in [0.2, 0.25) is 5.91 Å². The Kier molecular flexibility index (Phi) is 7.66. The first kappa shape index (κ1) is 21.2. The molecule has 6 heteroatoms. The average molecular weight is 376 g/mol.